The standard InChI is InChI=1S/C30H37NO2/c1-2-3-10-20-31-21-19-30(26-13-8-5-9-14-26)27(22-31)24-33-29-17-15-28(16-18-29)32-23-25-11-6-4-7-12-25/h4-9,11-18,27,30H,2-3,10,19-24H2,1H3/t27-,30-/m0/s1. The third-order valence-electron chi connectivity index (χ3n) is 6.66. The van der Waals surface area contributed by atoms with Crippen LogP contribution in [-0.2, 0) is 6.61 Å². The summed E-state index contributed by atoms with van der Waals surface area (Å²) in [6.45, 7) is 7.11. The van der Waals surface area contributed by atoms with E-state index < -0.39 is 0 Å². The first kappa shape index (κ1) is 23.4. The Balaban J connectivity index is 1.34. The molecule has 3 heteroatoms. The van der Waals surface area contributed by atoms with Crippen molar-refractivity contribution < 1.29 is 9.47 Å². The van der Waals surface area contributed by atoms with Crippen LogP contribution < -0.4 is 9.47 Å². The molecule has 0 aliphatic carbocycles. The molecule has 1 saturated heterocycles. The van der Waals surface area contributed by atoms with Crippen molar-refractivity contribution in [3.63, 3.8) is 0 Å². The highest BCUT2D eigenvalue weighted by Gasteiger charge is 2.30. The van der Waals surface area contributed by atoms with Gasteiger partial charge in [0.1, 0.15) is 18.1 Å². The van der Waals surface area contributed by atoms with Gasteiger partial charge in [0.25, 0.3) is 0 Å². The second-order valence-corrected chi connectivity index (χ2v) is 9.13. The molecule has 0 bridgehead atoms. The lowest BCUT2D eigenvalue weighted by Crippen LogP contribution is -2.42. The van der Waals surface area contributed by atoms with Crippen LogP contribution in [0.15, 0.2) is 84.9 Å². The van der Waals surface area contributed by atoms with E-state index in [1.54, 1.807) is 0 Å². The van der Waals surface area contributed by atoms with Gasteiger partial charge in [-0.05, 0) is 67.2 Å². The monoisotopic (exact) mass is 443 g/mol. The maximum Gasteiger partial charge on any atom is 0.120 e. The van der Waals surface area contributed by atoms with Crippen LogP contribution in [0.4, 0.5) is 0 Å². The Morgan fingerprint density at radius 1 is 0.788 bits per heavy atom. The highest BCUT2D eigenvalue weighted by atomic mass is 16.5. The summed E-state index contributed by atoms with van der Waals surface area (Å²) >= 11 is 0. The van der Waals surface area contributed by atoms with Crippen molar-refractivity contribution in [2.45, 2.75) is 45.1 Å². The zero-order chi connectivity index (χ0) is 22.7. The molecule has 174 valence electrons. The van der Waals surface area contributed by atoms with Gasteiger partial charge >= 0.3 is 0 Å². The lowest BCUT2D eigenvalue weighted by Gasteiger charge is -2.39. The van der Waals surface area contributed by atoms with Crippen LogP contribution in [0, 0.1) is 5.92 Å². The Hall–Kier alpha value is -2.78. The molecule has 0 aromatic heterocycles. The molecular weight excluding hydrogens is 406 g/mol. The summed E-state index contributed by atoms with van der Waals surface area (Å²) in [4.78, 5) is 2.64. The lowest BCUT2D eigenvalue weighted by atomic mass is 9.81. The van der Waals surface area contributed by atoms with Gasteiger partial charge < -0.3 is 14.4 Å². The molecule has 0 radical (unpaired) electrons. The van der Waals surface area contributed by atoms with Crippen LogP contribution in [-0.4, -0.2) is 31.1 Å². The fourth-order valence-electron chi connectivity index (χ4n) is 4.78. The Bertz CT molecular complexity index is 927. The lowest BCUT2D eigenvalue weighted by molar-refractivity contribution is 0.109. The Morgan fingerprint density at radius 3 is 2.15 bits per heavy atom. The molecule has 3 aromatic carbocycles. The number of rotatable bonds is 11. The highest BCUT2D eigenvalue weighted by molar-refractivity contribution is 5.31. The predicted molar refractivity (Wildman–Crippen MR) is 136 cm³/mol. The summed E-state index contributed by atoms with van der Waals surface area (Å²) in [5.41, 5.74) is 2.62. The number of piperidine rings is 1. The van der Waals surface area contributed by atoms with Crippen molar-refractivity contribution in [1.82, 2.24) is 4.90 Å². The average Bonchev–Trinajstić information content (AvgIpc) is 2.88. The van der Waals surface area contributed by atoms with Crippen molar-refractivity contribution in [1.29, 1.82) is 0 Å². The van der Waals surface area contributed by atoms with E-state index in [-0.39, 0.29) is 0 Å². The Kier molecular flexibility index (Phi) is 8.83. The summed E-state index contributed by atoms with van der Waals surface area (Å²) in [5, 5.41) is 0. The molecular formula is C30H37NO2. The number of nitrogens with zero attached hydrogens (tertiary/aromatic N) is 1. The van der Waals surface area contributed by atoms with Crippen molar-refractivity contribution >= 4 is 0 Å². The molecule has 1 aliphatic heterocycles. The summed E-state index contributed by atoms with van der Waals surface area (Å²) in [6.07, 6.45) is 5.09. The van der Waals surface area contributed by atoms with Gasteiger partial charge in [-0.25, -0.2) is 0 Å². The minimum Gasteiger partial charge on any atom is -0.493 e. The van der Waals surface area contributed by atoms with E-state index in [2.05, 4.69) is 54.3 Å². The molecule has 1 fully saturated rings. The van der Waals surface area contributed by atoms with Gasteiger partial charge in [0.2, 0.25) is 0 Å². The number of hydrogen-bond acceptors (Lipinski definition) is 3. The number of unbranched alkanes of at least 4 members (excludes halogenated alkanes) is 2. The molecule has 0 N–H and O–H groups in total. The van der Waals surface area contributed by atoms with Crippen molar-refractivity contribution in [2.75, 3.05) is 26.2 Å². The largest absolute Gasteiger partial charge is 0.493 e. The van der Waals surface area contributed by atoms with E-state index in [9.17, 15) is 0 Å². The molecule has 0 spiro atoms. The Labute approximate surface area is 199 Å². The fraction of sp³-hybridized carbons (Fsp3) is 0.400. The third-order valence-corrected chi connectivity index (χ3v) is 6.66. The molecule has 33 heavy (non-hydrogen) atoms. The molecule has 0 saturated carbocycles. The molecule has 4 rings (SSSR count). The minimum absolute atomic E-state index is 0.497. The van der Waals surface area contributed by atoms with Gasteiger partial charge in [-0.2, -0.15) is 0 Å². The van der Waals surface area contributed by atoms with Gasteiger partial charge in [-0.1, -0.05) is 80.4 Å². The van der Waals surface area contributed by atoms with Gasteiger partial charge in [0.15, 0.2) is 0 Å². The van der Waals surface area contributed by atoms with Crippen LogP contribution in [0.1, 0.15) is 49.7 Å². The number of hydrogen-bond donors (Lipinski definition) is 0. The average molecular weight is 444 g/mol. The SMILES string of the molecule is CCCCCN1CC[C@@H](c2ccccc2)[C@H](COc2ccc(OCc3ccccc3)cc2)C1. The zero-order valence-corrected chi connectivity index (χ0v) is 19.9. The maximum absolute atomic E-state index is 6.31. The van der Waals surface area contributed by atoms with E-state index in [0.717, 1.165) is 24.7 Å². The van der Waals surface area contributed by atoms with Crippen molar-refractivity contribution in [3.8, 4) is 11.5 Å². The first-order chi connectivity index (χ1) is 16.3. The summed E-state index contributed by atoms with van der Waals surface area (Å²) < 4.78 is 12.2. The molecule has 3 aromatic rings. The van der Waals surface area contributed by atoms with E-state index in [1.807, 2.05) is 42.5 Å². The molecule has 0 unspecified atom stereocenters. The number of benzene rings is 3. The van der Waals surface area contributed by atoms with E-state index >= 15 is 0 Å². The normalized spacial score (nSPS) is 18.7. The number of ether oxygens (including phenoxy) is 2. The quantitative estimate of drug-likeness (QED) is 0.300. The smallest absolute Gasteiger partial charge is 0.120 e. The first-order valence-corrected chi connectivity index (χ1v) is 12.5. The number of likely N-dealkylation sites (tertiary alicyclic amines) is 1. The third kappa shape index (κ3) is 7.10. The second-order valence-electron chi connectivity index (χ2n) is 9.13. The topological polar surface area (TPSA) is 21.7 Å². The predicted octanol–water partition coefficient (Wildman–Crippen LogP) is 6.94. The van der Waals surface area contributed by atoms with Crippen molar-refractivity contribution in [3.05, 3.63) is 96.1 Å². The van der Waals surface area contributed by atoms with Crippen LogP contribution in [0.25, 0.3) is 0 Å². The summed E-state index contributed by atoms with van der Waals surface area (Å²) in [5.74, 6) is 2.84. The van der Waals surface area contributed by atoms with Crippen LogP contribution in [0.2, 0.25) is 0 Å². The van der Waals surface area contributed by atoms with E-state index in [1.165, 1.54) is 49.9 Å². The van der Waals surface area contributed by atoms with E-state index in [0.29, 0.717) is 18.4 Å². The summed E-state index contributed by atoms with van der Waals surface area (Å²) in [7, 11) is 0. The zero-order valence-electron chi connectivity index (χ0n) is 19.9. The second kappa shape index (κ2) is 12.5. The van der Waals surface area contributed by atoms with Gasteiger partial charge in [-0.3, -0.25) is 0 Å². The minimum atomic E-state index is 0.497. The maximum atomic E-state index is 6.31. The van der Waals surface area contributed by atoms with Gasteiger partial charge in [0, 0.05) is 12.5 Å². The van der Waals surface area contributed by atoms with Gasteiger partial charge in [0.05, 0.1) is 6.61 Å². The van der Waals surface area contributed by atoms with E-state index in [4.69, 9.17) is 9.47 Å². The highest BCUT2D eigenvalue weighted by Crippen LogP contribution is 2.34. The molecule has 2 atom stereocenters. The molecule has 1 heterocycles. The molecule has 0 amide bonds. The van der Waals surface area contributed by atoms with Crippen molar-refractivity contribution in [2.24, 2.45) is 5.92 Å². The van der Waals surface area contributed by atoms with Gasteiger partial charge in [-0.15, -0.1) is 0 Å². The summed E-state index contributed by atoms with van der Waals surface area (Å²) in [6, 6.07) is 29.3. The van der Waals surface area contributed by atoms with Crippen LogP contribution in [0.5, 0.6) is 11.5 Å². The first-order valence-electron chi connectivity index (χ1n) is 12.5. The molecule has 3 nitrogen and oxygen atoms in total. The molecule has 1 aliphatic rings. The van der Waals surface area contributed by atoms with Crippen LogP contribution in [0.3, 0.4) is 0 Å². The Morgan fingerprint density at radius 2 is 1.45 bits per heavy atom. The van der Waals surface area contributed by atoms with Crippen LogP contribution >= 0.6 is 0 Å². The fourth-order valence-corrected chi connectivity index (χ4v) is 4.78.